The molecule has 29 heavy (non-hydrogen) atoms. The van der Waals surface area contributed by atoms with Crippen LogP contribution in [0.2, 0.25) is 0 Å². The molecular formula is C23H33NO4S. The maximum Gasteiger partial charge on any atom is 0.247 e. The zero-order valence-corrected chi connectivity index (χ0v) is 19.0. The molecule has 1 aromatic rings. The van der Waals surface area contributed by atoms with Crippen LogP contribution in [0.1, 0.15) is 39.2 Å². The third-order valence-corrected chi connectivity index (χ3v) is 4.90. The fourth-order valence-electron chi connectivity index (χ4n) is 2.44. The van der Waals surface area contributed by atoms with E-state index in [2.05, 4.69) is 32.9 Å². The van der Waals surface area contributed by atoms with Crippen LogP contribution in [0.5, 0.6) is 5.75 Å². The molecule has 5 nitrogen and oxygen atoms in total. The number of hydrogen-bond acceptors (Lipinski definition) is 4. The molecule has 0 aliphatic carbocycles. The number of nitrogens with zero attached hydrogens (tertiary/aromatic N) is 1. The number of allylic oxidation sites excluding steroid dienone is 3. The number of amides is 1. The Morgan fingerprint density at radius 3 is 2.34 bits per heavy atom. The standard InChI is InChI=1S/C23H33NO4S/c1-19(2)7-6-8-20(3)14-17-28-22-11-9-21(10-12-22)13-16-24(4)23(25)15-18-29(5,26)27/h7,9-12,14-15,18H,6,8,13,16-17H2,1-5H3. The number of carbonyl (C=O) groups excluding carboxylic acids is 1. The molecule has 0 saturated carbocycles. The van der Waals surface area contributed by atoms with E-state index in [4.69, 9.17) is 4.74 Å². The van der Waals surface area contributed by atoms with Crippen LogP contribution in [-0.4, -0.2) is 45.7 Å². The summed E-state index contributed by atoms with van der Waals surface area (Å²) in [5, 5.41) is 0.926. The monoisotopic (exact) mass is 419 g/mol. The smallest absolute Gasteiger partial charge is 0.247 e. The summed E-state index contributed by atoms with van der Waals surface area (Å²) in [6.07, 6.45) is 9.27. The number of rotatable bonds is 11. The Labute approximate surface area is 175 Å². The highest BCUT2D eigenvalue weighted by atomic mass is 32.2. The predicted molar refractivity (Wildman–Crippen MR) is 120 cm³/mol. The first-order valence-corrected chi connectivity index (χ1v) is 11.7. The normalized spacial score (nSPS) is 12.1. The van der Waals surface area contributed by atoms with E-state index in [0.717, 1.165) is 41.9 Å². The number of carbonyl (C=O) groups is 1. The molecule has 0 fully saturated rings. The third-order valence-electron chi connectivity index (χ3n) is 4.27. The van der Waals surface area contributed by atoms with Crippen LogP contribution in [-0.2, 0) is 21.1 Å². The van der Waals surface area contributed by atoms with Crippen LogP contribution in [0.3, 0.4) is 0 Å². The predicted octanol–water partition coefficient (Wildman–Crippen LogP) is 4.32. The van der Waals surface area contributed by atoms with Crippen molar-refractivity contribution in [3.05, 3.63) is 64.6 Å². The lowest BCUT2D eigenvalue weighted by Gasteiger charge is -2.15. The van der Waals surface area contributed by atoms with E-state index in [1.54, 1.807) is 7.05 Å². The van der Waals surface area contributed by atoms with Crippen molar-refractivity contribution in [2.24, 2.45) is 0 Å². The number of likely N-dealkylation sites (N-methyl/N-ethyl adjacent to an activating group) is 1. The summed E-state index contributed by atoms with van der Waals surface area (Å²) in [4.78, 5) is 13.4. The third kappa shape index (κ3) is 12.0. The molecule has 1 aromatic carbocycles. The lowest BCUT2D eigenvalue weighted by atomic mass is 10.1. The molecule has 0 radical (unpaired) electrons. The Bertz CT molecular complexity index is 845. The fourth-order valence-corrected chi connectivity index (χ4v) is 2.80. The summed E-state index contributed by atoms with van der Waals surface area (Å²) in [6, 6.07) is 7.80. The lowest BCUT2D eigenvalue weighted by Crippen LogP contribution is -2.27. The molecule has 0 atom stereocenters. The van der Waals surface area contributed by atoms with Crippen LogP contribution in [0.25, 0.3) is 0 Å². The van der Waals surface area contributed by atoms with Gasteiger partial charge in [0.2, 0.25) is 5.91 Å². The van der Waals surface area contributed by atoms with Crippen LogP contribution in [0.4, 0.5) is 0 Å². The summed E-state index contributed by atoms with van der Waals surface area (Å²) >= 11 is 0. The second-order valence-corrected chi connectivity index (χ2v) is 9.40. The molecule has 0 spiro atoms. The summed E-state index contributed by atoms with van der Waals surface area (Å²) in [7, 11) is -1.64. The van der Waals surface area contributed by atoms with Crippen molar-refractivity contribution < 1.29 is 17.9 Å². The van der Waals surface area contributed by atoms with Gasteiger partial charge in [-0.3, -0.25) is 4.79 Å². The second kappa shape index (κ2) is 12.3. The summed E-state index contributed by atoms with van der Waals surface area (Å²) in [5.41, 5.74) is 3.74. The van der Waals surface area contributed by atoms with Crippen molar-refractivity contribution in [3.63, 3.8) is 0 Å². The molecule has 0 N–H and O–H groups in total. The first-order chi connectivity index (χ1) is 13.6. The van der Waals surface area contributed by atoms with Crippen LogP contribution in [0.15, 0.2) is 59.0 Å². The van der Waals surface area contributed by atoms with E-state index in [1.165, 1.54) is 16.0 Å². The van der Waals surface area contributed by atoms with E-state index in [0.29, 0.717) is 19.6 Å². The zero-order chi connectivity index (χ0) is 21.9. The molecular weight excluding hydrogens is 386 g/mol. The molecule has 0 unspecified atom stereocenters. The first-order valence-electron chi connectivity index (χ1n) is 9.71. The molecule has 0 aromatic heterocycles. The topological polar surface area (TPSA) is 63.7 Å². The molecule has 0 saturated heterocycles. The van der Waals surface area contributed by atoms with Crippen LogP contribution < -0.4 is 4.74 Å². The SMILES string of the molecule is CC(C)=CCCC(C)=CCOc1ccc(CCN(C)C(=O)C=CS(C)(=O)=O)cc1. The van der Waals surface area contributed by atoms with Crippen molar-refractivity contribution in [2.45, 2.75) is 40.0 Å². The van der Waals surface area contributed by atoms with E-state index in [1.807, 2.05) is 24.3 Å². The van der Waals surface area contributed by atoms with Gasteiger partial charge in [0.15, 0.2) is 9.84 Å². The number of hydrogen-bond donors (Lipinski definition) is 0. The van der Waals surface area contributed by atoms with Gasteiger partial charge >= 0.3 is 0 Å². The van der Waals surface area contributed by atoms with Crippen molar-refractivity contribution >= 4 is 15.7 Å². The minimum Gasteiger partial charge on any atom is -0.490 e. The molecule has 6 heteroatoms. The van der Waals surface area contributed by atoms with E-state index >= 15 is 0 Å². The highest BCUT2D eigenvalue weighted by molar-refractivity contribution is 7.93. The Morgan fingerprint density at radius 1 is 1.10 bits per heavy atom. The van der Waals surface area contributed by atoms with Gasteiger partial charge in [-0.05, 0) is 63.8 Å². The van der Waals surface area contributed by atoms with Crippen molar-refractivity contribution in [2.75, 3.05) is 26.5 Å². The van der Waals surface area contributed by atoms with Crippen molar-refractivity contribution in [3.8, 4) is 5.75 Å². The summed E-state index contributed by atoms with van der Waals surface area (Å²) < 4.78 is 27.9. The van der Waals surface area contributed by atoms with Gasteiger partial charge in [-0.25, -0.2) is 8.42 Å². The number of ether oxygens (including phenoxy) is 1. The lowest BCUT2D eigenvalue weighted by molar-refractivity contribution is -0.124. The summed E-state index contributed by atoms with van der Waals surface area (Å²) in [5.74, 6) is 0.477. The minimum absolute atomic E-state index is 0.331. The average Bonchev–Trinajstić information content (AvgIpc) is 2.64. The molecule has 0 heterocycles. The van der Waals surface area contributed by atoms with Gasteiger partial charge in [-0.15, -0.1) is 0 Å². The Kier molecular flexibility index (Phi) is 10.5. The highest BCUT2D eigenvalue weighted by Gasteiger charge is 2.06. The molecule has 0 bridgehead atoms. The van der Waals surface area contributed by atoms with Gasteiger partial charge in [-0.2, -0.15) is 0 Å². The van der Waals surface area contributed by atoms with E-state index in [-0.39, 0.29) is 5.91 Å². The van der Waals surface area contributed by atoms with Gasteiger partial charge in [0, 0.05) is 31.3 Å². The van der Waals surface area contributed by atoms with Gasteiger partial charge in [0.1, 0.15) is 12.4 Å². The first kappa shape index (κ1) is 24.7. The molecule has 0 aliphatic rings. The van der Waals surface area contributed by atoms with Gasteiger partial charge in [0.05, 0.1) is 0 Å². The van der Waals surface area contributed by atoms with Gasteiger partial charge < -0.3 is 9.64 Å². The largest absolute Gasteiger partial charge is 0.490 e. The minimum atomic E-state index is -3.29. The quantitative estimate of drug-likeness (QED) is 0.396. The molecule has 1 amide bonds. The Morgan fingerprint density at radius 2 is 1.76 bits per heavy atom. The Balaban J connectivity index is 2.43. The molecule has 1 rings (SSSR count). The number of sulfone groups is 1. The summed E-state index contributed by atoms with van der Waals surface area (Å²) in [6.45, 7) is 7.38. The number of benzene rings is 1. The maximum absolute atomic E-state index is 11.9. The van der Waals surface area contributed by atoms with Crippen LogP contribution in [0, 0.1) is 0 Å². The van der Waals surface area contributed by atoms with Gasteiger partial charge in [0.25, 0.3) is 0 Å². The molecule has 160 valence electrons. The second-order valence-electron chi connectivity index (χ2n) is 7.47. The van der Waals surface area contributed by atoms with Crippen LogP contribution >= 0.6 is 0 Å². The average molecular weight is 420 g/mol. The van der Waals surface area contributed by atoms with E-state index in [9.17, 15) is 13.2 Å². The van der Waals surface area contributed by atoms with Crippen molar-refractivity contribution in [1.29, 1.82) is 0 Å². The zero-order valence-electron chi connectivity index (χ0n) is 18.1. The maximum atomic E-state index is 11.9. The van der Waals surface area contributed by atoms with Gasteiger partial charge in [-0.1, -0.05) is 29.4 Å². The molecule has 0 aliphatic heterocycles. The highest BCUT2D eigenvalue weighted by Crippen LogP contribution is 2.14. The Hall–Kier alpha value is -2.34. The fraction of sp³-hybridized carbons (Fsp3) is 0.435. The van der Waals surface area contributed by atoms with Crippen molar-refractivity contribution in [1.82, 2.24) is 4.90 Å². The van der Waals surface area contributed by atoms with E-state index < -0.39 is 9.84 Å².